The van der Waals surface area contributed by atoms with Gasteiger partial charge in [-0.2, -0.15) is 0 Å². The van der Waals surface area contributed by atoms with Crippen molar-refractivity contribution in [1.29, 1.82) is 0 Å². The lowest BCUT2D eigenvalue weighted by atomic mass is 10.0. The molecule has 6 atom stereocenters. The van der Waals surface area contributed by atoms with Crippen LogP contribution in [0.4, 0.5) is 68.5 Å². The van der Waals surface area contributed by atoms with Gasteiger partial charge in [-0.05, 0) is 226 Å². The molecular formula is C123H119N26+. The molecule has 30 rings (SSSR count). The SMILES string of the molecule is Cc1ccc2c(nc3n2-c2cccnc2C3)c1-c1cccc[n+]1C.Cc1ccc2c(nc3n2C=CC3)c1N1C=CN(c2ccccc2)[C@@H]1C.Cc1ccc2c(nc3n2C=CC3)c1N1c2ccccc2N(c2ccccc2)[C@@H]1C.Cc1ccc2c(nc3n2C=CC3)c1N1c2nccnc2N(c2ccccc2)[C@@H]1C.[2H]C([2H])([2H])C([2H])(C)N1C=CN(c2c(C)ccc3c2nc2n3C=CC2)[C@H]1C.[2H]C([2H])([2H])N1C=CN(c2c(C)ccc3c2nc2n3C=CC2)[C@H]1C. The van der Waals surface area contributed by atoms with E-state index in [-0.39, 0.29) is 30.8 Å². The van der Waals surface area contributed by atoms with Crippen LogP contribution >= 0.6 is 0 Å². The average Bonchev–Trinajstić information content (AvgIpc) is 1.58. The molecule has 0 bridgehead atoms. The second-order valence-electron chi connectivity index (χ2n) is 39.5. The van der Waals surface area contributed by atoms with E-state index in [1.807, 2.05) is 86.7 Å². The van der Waals surface area contributed by atoms with E-state index < -0.39 is 19.8 Å². The minimum atomic E-state index is -2.41. The summed E-state index contributed by atoms with van der Waals surface area (Å²) in [6, 6.07) is 74.6. The lowest BCUT2D eigenvalue weighted by Gasteiger charge is -2.33. The first-order valence-electron chi connectivity index (χ1n) is 54.7. The zero-order valence-corrected chi connectivity index (χ0v) is 85.6. The fraction of sp³-hybridized carbons (Fsp3) is 0.220. The second-order valence-corrected chi connectivity index (χ2v) is 39.5. The molecule has 149 heavy (non-hydrogen) atoms. The van der Waals surface area contributed by atoms with Crippen LogP contribution in [0.5, 0.6) is 0 Å². The van der Waals surface area contributed by atoms with Gasteiger partial charge in [0.2, 0.25) is 5.69 Å². The molecule has 0 N–H and O–H groups in total. The number of rotatable bonds is 10. The van der Waals surface area contributed by atoms with Crippen LogP contribution in [-0.2, 0) is 45.6 Å². The van der Waals surface area contributed by atoms with Crippen LogP contribution in [0.15, 0.2) is 311 Å². The Kier molecular flexibility index (Phi) is 21.1. The summed E-state index contributed by atoms with van der Waals surface area (Å²) in [6.07, 6.45) is 44.8. The standard InChI is InChI=1S/C25H22N4.C23H20N6.C21H20N4.C20H17N4.C18H22N4.C16H18N4/c1-17-14-15-22-24(26-23-13-8-16-27(22)23)25(17)29-18(2)28(19-9-4-3-5-10-19)20-11-6-7-12-21(20)29;1-15-10-11-18-20(26-19-9-6-14-27(18)19)21(15)29-16(2)28(17-7-4-3-5-8-17)22-23(29)25-13-12-24-22;1-15-10-11-18-20(22-19-9-6-12-25(18)19)21(15)24-14-13-23(16(24)2)17-7-4-3-5-8-17;1-13-8-9-17-20(19(13)16-6-3-4-11-23(16)2)22-18-12-14-15(24(17)18)7-5-10-21-14;1-12(2)20-10-11-21(14(20)4)18-13(3)7-8-15-17(18)19-16-6-5-9-22(15)16;1-11-6-7-13-15(17-14-5-4-8-20(13)14)16(11)19-10-9-18(3)12(19)2/h3-12,14-16,18H,13H2,1-2H3;3-8,10-14,16H,9H2,1-2H3;3-8,10-14,16H,9H2,1-2H3;3-11H,12H2,1-2H3;5,7-12,14H,6H2,1-4H3;4,6-10,12H,5H2,1-3H3/q;;;+1;;/t18-;2*16-;;14-;12-/m000.00/s1/i;;;;1D3,12D;3D3/t;;;;12?,14-;m. The number of para-hydroxylation sites is 5. The number of benzene rings is 10. The van der Waals surface area contributed by atoms with Crippen molar-refractivity contribution >= 4 is 166 Å². The minimum absolute atomic E-state index is 0.0196. The van der Waals surface area contributed by atoms with E-state index in [1.54, 1.807) is 29.7 Å². The van der Waals surface area contributed by atoms with Gasteiger partial charge in [0.25, 0.3) is 0 Å². The molecule has 740 valence electrons. The molecule has 11 aliphatic heterocycles. The topological polar surface area (TPSA) is 182 Å². The molecule has 1 unspecified atom stereocenters. The van der Waals surface area contributed by atoms with Gasteiger partial charge < -0.3 is 66.9 Å². The van der Waals surface area contributed by atoms with Crippen molar-refractivity contribution in [2.45, 2.75) is 165 Å². The summed E-state index contributed by atoms with van der Waals surface area (Å²) in [5, 5.41) is 0. The molecule has 11 aliphatic rings. The number of imidazole rings is 6. The number of pyridine rings is 2. The molecule has 0 saturated carbocycles. The lowest BCUT2D eigenvalue weighted by molar-refractivity contribution is -0.660. The van der Waals surface area contributed by atoms with E-state index >= 15 is 0 Å². The third-order valence-corrected chi connectivity index (χ3v) is 30.5. The first-order valence-corrected chi connectivity index (χ1v) is 51.2. The van der Waals surface area contributed by atoms with Crippen molar-refractivity contribution in [2.75, 3.05) is 46.2 Å². The zero-order chi connectivity index (χ0) is 108. The summed E-state index contributed by atoms with van der Waals surface area (Å²) < 4.78 is 69.8. The van der Waals surface area contributed by atoms with Crippen LogP contribution in [0.2, 0.25) is 0 Å². The predicted octanol–water partition coefficient (Wildman–Crippen LogP) is 25.1. The van der Waals surface area contributed by atoms with Crippen molar-refractivity contribution in [1.82, 2.24) is 82.1 Å². The second kappa shape index (κ2) is 37.1. The molecule has 0 aliphatic carbocycles. The highest BCUT2D eigenvalue weighted by molar-refractivity contribution is 6.03. The first-order chi connectivity index (χ1) is 75.5. The fourth-order valence-electron chi connectivity index (χ4n) is 23.3. The van der Waals surface area contributed by atoms with Gasteiger partial charge in [-0.1, -0.05) is 134 Å². The number of aromatic nitrogens is 16. The van der Waals surface area contributed by atoms with Crippen molar-refractivity contribution in [2.24, 2.45) is 7.05 Å². The molecule has 9 aromatic heterocycles. The van der Waals surface area contributed by atoms with E-state index in [2.05, 4.69) is 395 Å². The van der Waals surface area contributed by atoms with Gasteiger partial charge in [0.15, 0.2) is 17.8 Å². The maximum atomic E-state index is 8.41. The highest BCUT2D eigenvalue weighted by Gasteiger charge is 2.42. The monoisotopic (exact) mass is 1970 g/mol. The maximum Gasteiger partial charge on any atom is 0.214 e. The number of allylic oxidation sites excluding steroid dienone is 5. The minimum Gasteiger partial charge on any atom is -0.359 e. The Hall–Kier alpha value is -17.7. The lowest BCUT2D eigenvalue weighted by Crippen LogP contribution is -2.39. The molecule has 26 heteroatoms. The summed E-state index contributed by atoms with van der Waals surface area (Å²) >= 11 is 0. The Morgan fingerprint density at radius 2 is 0.711 bits per heavy atom. The van der Waals surface area contributed by atoms with Crippen LogP contribution in [0.3, 0.4) is 0 Å². The maximum absolute atomic E-state index is 8.41. The van der Waals surface area contributed by atoms with E-state index in [0.29, 0.717) is 0 Å². The summed E-state index contributed by atoms with van der Waals surface area (Å²) in [4.78, 5) is 64.5. The van der Waals surface area contributed by atoms with Crippen molar-refractivity contribution in [3.8, 4) is 16.9 Å². The highest BCUT2D eigenvalue weighted by atomic mass is 15.5. The zero-order valence-electron chi connectivity index (χ0n) is 92.6. The van der Waals surface area contributed by atoms with Gasteiger partial charge in [-0.15, -0.1) is 0 Å². The van der Waals surface area contributed by atoms with Crippen LogP contribution in [0.25, 0.3) is 114 Å². The molecule has 20 heterocycles. The number of anilines is 12. The predicted molar refractivity (Wildman–Crippen MR) is 606 cm³/mol. The molecule has 0 amide bonds. The smallest absolute Gasteiger partial charge is 0.214 e. The number of fused-ring (bicyclic) bond motifs is 22. The number of hydrogen-bond acceptors (Lipinski definition) is 19. The Bertz CT molecular complexity index is 8950. The summed E-state index contributed by atoms with van der Waals surface area (Å²) in [5.74, 6) is 8.16. The Labute approximate surface area is 877 Å². The van der Waals surface area contributed by atoms with Crippen LogP contribution in [0.1, 0.15) is 132 Å². The Morgan fingerprint density at radius 1 is 0.322 bits per heavy atom. The van der Waals surface area contributed by atoms with E-state index in [1.165, 1.54) is 90.5 Å². The third-order valence-electron chi connectivity index (χ3n) is 30.5. The summed E-state index contributed by atoms with van der Waals surface area (Å²) in [7, 11) is 2.08. The van der Waals surface area contributed by atoms with Gasteiger partial charge in [-0.3, -0.25) is 14.5 Å². The van der Waals surface area contributed by atoms with Gasteiger partial charge in [0, 0.05) is 169 Å². The summed E-state index contributed by atoms with van der Waals surface area (Å²) in [5.41, 5.74) is 36.0. The van der Waals surface area contributed by atoms with Crippen molar-refractivity contribution in [3.05, 3.63) is 385 Å². The fourth-order valence-corrected chi connectivity index (χ4v) is 23.3. The van der Waals surface area contributed by atoms with Crippen LogP contribution in [0, 0.1) is 41.5 Å². The number of nitrogens with zero attached hydrogens (tertiary/aromatic N) is 26. The molecule has 0 saturated heterocycles. The van der Waals surface area contributed by atoms with Gasteiger partial charge in [0.1, 0.15) is 106 Å². The normalized spacial score (nSPS) is 18.8. The van der Waals surface area contributed by atoms with Crippen LogP contribution < -0.4 is 43.8 Å². The molecule has 0 spiro atoms. The van der Waals surface area contributed by atoms with E-state index in [9.17, 15) is 0 Å². The number of aryl methyl sites for hydroxylation is 7. The Balaban J connectivity index is 0.0000000961. The van der Waals surface area contributed by atoms with Crippen LogP contribution in [-0.4, -0.2) is 126 Å². The number of hydrogen-bond donors (Lipinski definition) is 0. The van der Waals surface area contributed by atoms with E-state index in [4.69, 9.17) is 44.5 Å². The third kappa shape index (κ3) is 15.4. The molecule has 19 aromatic rings. The Morgan fingerprint density at radius 3 is 1.20 bits per heavy atom. The first kappa shape index (κ1) is 84.6. The van der Waals surface area contributed by atoms with Crippen molar-refractivity contribution in [3.63, 3.8) is 0 Å². The molecule has 0 radical (unpaired) electrons. The molecule has 26 nitrogen and oxygen atoms in total. The average molecular weight is 1970 g/mol. The van der Waals surface area contributed by atoms with Gasteiger partial charge >= 0.3 is 0 Å². The highest BCUT2D eigenvalue weighted by Crippen LogP contribution is 2.53. The summed E-state index contributed by atoms with van der Waals surface area (Å²) in [6.45, 7) is 20.1. The largest absolute Gasteiger partial charge is 0.359 e. The molecular weight excluding hydrogens is 1840 g/mol. The van der Waals surface area contributed by atoms with E-state index in [0.717, 1.165) is 186 Å². The van der Waals surface area contributed by atoms with Gasteiger partial charge in [-0.25, -0.2) is 44.4 Å². The molecule has 0 fully saturated rings. The molecule has 10 aromatic carbocycles. The quantitative estimate of drug-likeness (QED) is 0.118. The van der Waals surface area contributed by atoms with Crippen molar-refractivity contribution < 1.29 is 14.2 Å². The van der Waals surface area contributed by atoms with Gasteiger partial charge in [0.05, 0.1) is 97.6 Å².